The molecule has 0 radical (unpaired) electrons. The maximum Gasteiger partial charge on any atom is 0.350 e. The number of aryl methyl sites for hydroxylation is 1. The number of halogens is 1. The van der Waals surface area contributed by atoms with Gasteiger partial charge in [-0.25, -0.2) is 14.2 Å². The molecule has 1 aliphatic heterocycles. The molecule has 38 heavy (non-hydrogen) atoms. The van der Waals surface area contributed by atoms with E-state index in [2.05, 4.69) is 11.6 Å². The predicted octanol–water partition coefficient (Wildman–Crippen LogP) is 5.35. The van der Waals surface area contributed by atoms with Crippen molar-refractivity contribution in [3.63, 3.8) is 0 Å². The van der Waals surface area contributed by atoms with Crippen LogP contribution in [0, 0.1) is 12.7 Å². The number of thiazole rings is 1. The number of amides is 1. The third-order valence-corrected chi connectivity index (χ3v) is 6.78. The van der Waals surface area contributed by atoms with Crippen molar-refractivity contribution in [1.82, 2.24) is 4.98 Å². The summed E-state index contributed by atoms with van der Waals surface area (Å²) < 4.78 is 24.5. The third kappa shape index (κ3) is 5.21. The van der Waals surface area contributed by atoms with E-state index in [1.165, 1.54) is 30.3 Å². The van der Waals surface area contributed by atoms with Crippen LogP contribution in [0.25, 0.3) is 5.76 Å². The third-order valence-electron chi connectivity index (χ3n) is 5.64. The number of ether oxygens (including phenoxy) is 2. The maximum absolute atomic E-state index is 13.8. The van der Waals surface area contributed by atoms with Crippen LogP contribution < -0.4 is 9.64 Å². The summed E-state index contributed by atoms with van der Waals surface area (Å²) in [6, 6.07) is 10.5. The molecule has 2 aromatic carbocycles. The van der Waals surface area contributed by atoms with Gasteiger partial charge in [0.25, 0.3) is 5.78 Å². The van der Waals surface area contributed by atoms with E-state index < -0.39 is 35.3 Å². The van der Waals surface area contributed by atoms with Gasteiger partial charge in [-0.3, -0.25) is 14.5 Å². The molecular formula is C28H25FN2O6S. The maximum atomic E-state index is 13.8. The van der Waals surface area contributed by atoms with E-state index >= 15 is 0 Å². The molecule has 1 N–H and O–H groups in total. The van der Waals surface area contributed by atoms with E-state index in [4.69, 9.17) is 9.47 Å². The number of aromatic nitrogens is 1. The number of esters is 1. The molecule has 1 saturated heterocycles. The quantitative estimate of drug-likeness (QED) is 0.136. The normalized spacial score (nSPS) is 16.7. The standard InChI is InChI=1S/C28H25FN2O6S/c1-5-14-36-27(35)25-16(4)30-28(38-25)31-22(17-6-10-19(29)11-7-17)21(24(33)26(31)34)23(32)18-8-12-20(13-9-18)37-15(2)3/h5-13,15,22,32H,1,14H2,2-4H3/b23-21+. The van der Waals surface area contributed by atoms with Crippen LogP contribution in [0.3, 0.4) is 0 Å². The summed E-state index contributed by atoms with van der Waals surface area (Å²) >= 11 is 0.878. The van der Waals surface area contributed by atoms with Crippen molar-refractivity contribution in [2.75, 3.05) is 11.5 Å². The van der Waals surface area contributed by atoms with Crippen LogP contribution in [-0.2, 0) is 14.3 Å². The first-order chi connectivity index (χ1) is 18.1. The largest absolute Gasteiger partial charge is 0.507 e. The Labute approximate surface area is 222 Å². The van der Waals surface area contributed by atoms with Gasteiger partial charge in [0.15, 0.2) is 5.13 Å². The van der Waals surface area contributed by atoms with E-state index in [1.807, 2.05) is 13.8 Å². The molecule has 0 saturated carbocycles. The number of carbonyl (C=O) groups excluding carboxylic acids is 3. The average molecular weight is 537 g/mol. The highest BCUT2D eigenvalue weighted by atomic mass is 32.1. The fraction of sp³-hybridized carbons (Fsp3) is 0.214. The zero-order valence-electron chi connectivity index (χ0n) is 20.9. The summed E-state index contributed by atoms with van der Waals surface area (Å²) in [5.41, 5.74) is 0.771. The molecule has 10 heteroatoms. The van der Waals surface area contributed by atoms with Gasteiger partial charge in [-0.2, -0.15) is 0 Å². The number of nitrogens with zero attached hydrogens (tertiary/aromatic N) is 2. The van der Waals surface area contributed by atoms with E-state index in [-0.39, 0.29) is 33.9 Å². The number of anilines is 1. The molecule has 1 atom stereocenters. The van der Waals surface area contributed by atoms with Crippen molar-refractivity contribution < 1.29 is 33.4 Å². The highest BCUT2D eigenvalue weighted by molar-refractivity contribution is 7.17. The smallest absolute Gasteiger partial charge is 0.350 e. The lowest BCUT2D eigenvalue weighted by Crippen LogP contribution is -2.29. The first-order valence-electron chi connectivity index (χ1n) is 11.7. The Morgan fingerprint density at radius 2 is 1.84 bits per heavy atom. The highest BCUT2D eigenvalue weighted by Gasteiger charge is 2.48. The average Bonchev–Trinajstić information content (AvgIpc) is 3.39. The minimum Gasteiger partial charge on any atom is -0.507 e. The second kappa shape index (κ2) is 11.0. The second-order valence-electron chi connectivity index (χ2n) is 8.71. The lowest BCUT2D eigenvalue weighted by molar-refractivity contribution is -0.132. The zero-order chi connectivity index (χ0) is 27.6. The van der Waals surface area contributed by atoms with E-state index in [1.54, 1.807) is 31.2 Å². The molecule has 2 heterocycles. The van der Waals surface area contributed by atoms with Crippen molar-refractivity contribution in [2.24, 2.45) is 0 Å². The topological polar surface area (TPSA) is 106 Å². The molecule has 4 rings (SSSR count). The van der Waals surface area contributed by atoms with E-state index in [9.17, 15) is 23.9 Å². The van der Waals surface area contributed by atoms with Crippen molar-refractivity contribution in [3.05, 3.63) is 94.3 Å². The minimum atomic E-state index is -1.12. The summed E-state index contributed by atoms with van der Waals surface area (Å²) in [5.74, 6) is -2.88. The van der Waals surface area contributed by atoms with Crippen molar-refractivity contribution in [2.45, 2.75) is 32.9 Å². The SMILES string of the molecule is C=CCOC(=O)c1sc(N2C(=O)C(=O)/C(=C(/O)c3ccc(OC(C)C)cc3)C2c2ccc(F)cc2)nc1C. The summed E-state index contributed by atoms with van der Waals surface area (Å²) in [5, 5.41) is 11.3. The Balaban J connectivity index is 1.83. The van der Waals surface area contributed by atoms with Crippen molar-refractivity contribution in [1.29, 1.82) is 0 Å². The van der Waals surface area contributed by atoms with Crippen molar-refractivity contribution >= 4 is 39.9 Å². The van der Waals surface area contributed by atoms with Crippen molar-refractivity contribution in [3.8, 4) is 5.75 Å². The fourth-order valence-electron chi connectivity index (χ4n) is 3.98. The highest BCUT2D eigenvalue weighted by Crippen LogP contribution is 2.44. The second-order valence-corrected chi connectivity index (χ2v) is 9.69. The monoisotopic (exact) mass is 536 g/mol. The number of Topliss-reactive ketones (excluding diaryl/α,β-unsaturated/α-hetero) is 1. The lowest BCUT2D eigenvalue weighted by atomic mass is 9.95. The number of carbonyl (C=O) groups is 3. The molecule has 1 amide bonds. The molecule has 196 valence electrons. The number of ketones is 1. The van der Waals surface area contributed by atoms with Crippen LogP contribution in [0.5, 0.6) is 5.75 Å². The van der Waals surface area contributed by atoms with Crippen LogP contribution in [0.1, 0.15) is 46.4 Å². The summed E-state index contributed by atoms with van der Waals surface area (Å²) in [6.45, 7) is 8.84. The zero-order valence-corrected chi connectivity index (χ0v) is 21.8. The molecule has 1 fully saturated rings. The van der Waals surface area contributed by atoms with Gasteiger partial charge in [-0.1, -0.05) is 36.1 Å². The van der Waals surface area contributed by atoms with Gasteiger partial charge in [-0.15, -0.1) is 0 Å². The molecule has 0 spiro atoms. The molecule has 0 aliphatic carbocycles. The summed E-state index contributed by atoms with van der Waals surface area (Å²) in [6.07, 6.45) is 1.36. The van der Waals surface area contributed by atoms with Gasteiger partial charge < -0.3 is 14.6 Å². The Morgan fingerprint density at radius 1 is 1.18 bits per heavy atom. The van der Waals surface area contributed by atoms with E-state index in [0.29, 0.717) is 17.0 Å². The molecule has 0 bridgehead atoms. The van der Waals surface area contributed by atoms with Gasteiger partial charge in [-0.05, 0) is 62.7 Å². The van der Waals surface area contributed by atoms with Gasteiger partial charge in [0.2, 0.25) is 0 Å². The van der Waals surface area contributed by atoms with Gasteiger partial charge in [0.05, 0.1) is 23.4 Å². The number of aliphatic hydroxyl groups excluding tert-OH is 1. The molecule has 1 unspecified atom stereocenters. The first-order valence-corrected chi connectivity index (χ1v) is 12.5. The summed E-state index contributed by atoms with van der Waals surface area (Å²) in [7, 11) is 0. The molecule has 3 aromatic rings. The molecule has 8 nitrogen and oxygen atoms in total. The fourth-order valence-corrected chi connectivity index (χ4v) is 4.97. The van der Waals surface area contributed by atoms with Crippen LogP contribution in [0.2, 0.25) is 0 Å². The molecular weight excluding hydrogens is 511 g/mol. The predicted molar refractivity (Wildman–Crippen MR) is 141 cm³/mol. The number of hydrogen-bond acceptors (Lipinski definition) is 8. The Hall–Kier alpha value is -4.31. The number of rotatable bonds is 8. The van der Waals surface area contributed by atoms with E-state index in [0.717, 1.165) is 16.2 Å². The molecule has 1 aliphatic rings. The van der Waals surface area contributed by atoms with Gasteiger partial charge in [0, 0.05) is 5.56 Å². The van der Waals surface area contributed by atoms with Gasteiger partial charge >= 0.3 is 11.9 Å². The molecule has 1 aromatic heterocycles. The Kier molecular flexibility index (Phi) is 7.72. The number of benzene rings is 2. The lowest BCUT2D eigenvalue weighted by Gasteiger charge is -2.23. The number of hydrogen-bond donors (Lipinski definition) is 1. The number of aliphatic hydroxyl groups is 1. The van der Waals surface area contributed by atoms with Crippen LogP contribution in [0.15, 0.2) is 66.8 Å². The Bertz CT molecular complexity index is 1430. The summed E-state index contributed by atoms with van der Waals surface area (Å²) in [4.78, 5) is 44.7. The van der Waals surface area contributed by atoms with Crippen LogP contribution >= 0.6 is 11.3 Å². The first kappa shape index (κ1) is 26.7. The van der Waals surface area contributed by atoms with Gasteiger partial charge in [0.1, 0.15) is 28.8 Å². The van der Waals surface area contributed by atoms with Crippen LogP contribution in [-0.4, -0.2) is 40.5 Å². The Morgan fingerprint density at radius 3 is 2.45 bits per heavy atom. The van der Waals surface area contributed by atoms with Crippen LogP contribution in [0.4, 0.5) is 9.52 Å². The minimum absolute atomic E-state index is 0.00734.